The summed E-state index contributed by atoms with van der Waals surface area (Å²) in [5.74, 6) is 0. The maximum absolute atomic E-state index is 10.4. The van der Waals surface area contributed by atoms with E-state index in [-0.39, 0.29) is 0 Å². The summed E-state index contributed by atoms with van der Waals surface area (Å²) >= 11 is 3.05. The number of aldehydes is 1. The van der Waals surface area contributed by atoms with Crippen molar-refractivity contribution in [2.75, 3.05) is 0 Å². The molecule has 2 heterocycles. The molecule has 0 amide bonds. The third kappa shape index (κ3) is 2.05. The number of hydrogen-bond donors (Lipinski definition) is 0. The topological polar surface area (TPSA) is 42.9 Å². The van der Waals surface area contributed by atoms with Gasteiger partial charge < -0.3 is 0 Å². The largest absolute Gasteiger partial charge is 0.297 e. The molecule has 0 saturated heterocycles. The van der Waals surface area contributed by atoms with Crippen LogP contribution in [0.15, 0.2) is 11.6 Å². The van der Waals surface area contributed by atoms with Crippen molar-refractivity contribution in [2.45, 2.75) is 13.3 Å². The molecular weight excluding hydrogens is 216 g/mol. The summed E-state index contributed by atoms with van der Waals surface area (Å²) in [4.78, 5) is 19.6. The van der Waals surface area contributed by atoms with Crippen LogP contribution in [-0.2, 0) is 6.42 Å². The molecule has 0 aliphatic rings. The van der Waals surface area contributed by atoms with Gasteiger partial charge in [-0.1, -0.05) is 0 Å². The Bertz CT molecular complexity index is 447. The highest BCUT2D eigenvalue weighted by molar-refractivity contribution is 7.13. The van der Waals surface area contributed by atoms with Crippen molar-refractivity contribution in [3.63, 3.8) is 0 Å². The number of carbonyl (C=O) groups excluding carboxylic acids is 1. The van der Waals surface area contributed by atoms with Crippen molar-refractivity contribution >= 4 is 29.0 Å². The molecule has 0 aliphatic carbocycles. The van der Waals surface area contributed by atoms with Gasteiger partial charge in [0.1, 0.15) is 0 Å². The maximum atomic E-state index is 10.4. The van der Waals surface area contributed by atoms with Crippen molar-refractivity contribution in [2.24, 2.45) is 0 Å². The highest BCUT2D eigenvalue weighted by Gasteiger charge is 2.04. The Balaban J connectivity index is 2.14. The maximum Gasteiger partial charge on any atom is 0.161 e. The molecule has 0 N–H and O–H groups in total. The molecule has 3 nitrogen and oxygen atoms in total. The lowest BCUT2D eigenvalue weighted by atomic mass is 10.3. The lowest BCUT2D eigenvalue weighted by Gasteiger charge is -1.88. The first-order valence-electron chi connectivity index (χ1n) is 4.09. The van der Waals surface area contributed by atoms with Gasteiger partial charge in [-0.3, -0.25) is 4.79 Å². The lowest BCUT2D eigenvalue weighted by molar-refractivity contribution is 0.112. The van der Waals surface area contributed by atoms with Gasteiger partial charge in [-0.05, 0) is 6.92 Å². The van der Waals surface area contributed by atoms with Gasteiger partial charge in [0.05, 0.1) is 20.6 Å². The molecule has 2 aromatic rings. The van der Waals surface area contributed by atoms with Gasteiger partial charge in [-0.15, -0.1) is 22.7 Å². The summed E-state index contributed by atoms with van der Waals surface area (Å²) in [6, 6.07) is 0. The van der Waals surface area contributed by atoms with E-state index in [2.05, 4.69) is 9.97 Å². The molecule has 2 rings (SSSR count). The summed E-state index contributed by atoms with van der Waals surface area (Å²) in [6.45, 7) is 1.98. The average Bonchev–Trinajstić information content (AvgIpc) is 2.76. The summed E-state index contributed by atoms with van der Waals surface area (Å²) in [7, 11) is 0. The summed E-state index contributed by atoms with van der Waals surface area (Å²) < 4.78 is 0. The molecule has 72 valence electrons. The van der Waals surface area contributed by atoms with Crippen molar-refractivity contribution in [3.05, 3.63) is 32.2 Å². The van der Waals surface area contributed by atoms with Crippen LogP contribution in [0.5, 0.6) is 0 Å². The van der Waals surface area contributed by atoms with Gasteiger partial charge in [0.25, 0.3) is 0 Å². The van der Waals surface area contributed by atoms with Gasteiger partial charge in [0.15, 0.2) is 6.29 Å². The van der Waals surface area contributed by atoms with Gasteiger partial charge in [-0.2, -0.15) is 0 Å². The molecule has 0 fully saturated rings. The Morgan fingerprint density at radius 3 is 3.00 bits per heavy atom. The fraction of sp³-hybridized carbons (Fsp3) is 0.222. The van der Waals surface area contributed by atoms with Gasteiger partial charge in [0.2, 0.25) is 0 Å². The number of carbonyl (C=O) groups is 1. The number of rotatable bonds is 3. The smallest absolute Gasteiger partial charge is 0.161 e. The van der Waals surface area contributed by atoms with Crippen molar-refractivity contribution in [1.29, 1.82) is 0 Å². The van der Waals surface area contributed by atoms with Crippen molar-refractivity contribution < 1.29 is 4.79 Å². The number of thiazole rings is 2. The molecule has 0 unspecified atom stereocenters. The fourth-order valence-corrected chi connectivity index (χ4v) is 2.47. The Morgan fingerprint density at radius 1 is 1.57 bits per heavy atom. The van der Waals surface area contributed by atoms with E-state index in [0.717, 1.165) is 28.4 Å². The highest BCUT2D eigenvalue weighted by atomic mass is 32.1. The molecule has 0 spiro atoms. The second kappa shape index (κ2) is 3.98. The zero-order chi connectivity index (χ0) is 9.97. The second-order valence-electron chi connectivity index (χ2n) is 2.81. The minimum atomic E-state index is 0.673. The number of aromatic nitrogens is 2. The quantitative estimate of drug-likeness (QED) is 0.751. The molecule has 0 aromatic carbocycles. The van der Waals surface area contributed by atoms with Crippen LogP contribution in [0.3, 0.4) is 0 Å². The van der Waals surface area contributed by atoms with Crippen LogP contribution in [0.4, 0.5) is 0 Å². The predicted molar refractivity (Wildman–Crippen MR) is 57.2 cm³/mol. The Hall–Kier alpha value is -1.07. The van der Waals surface area contributed by atoms with Crippen LogP contribution in [0.25, 0.3) is 0 Å². The molecule has 0 saturated carbocycles. The van der Waals surface area contributed by atoms with Gasteiger partial charge in [-0.25, -0.2) is 9.97 Å². The second-order valence-corrected chi connectivity index (χ2v) is 5.02. The molecule has 5 heteroatoms. The van der Waals surface area contributed by atoms with Crippen LogP contribution < -0.4 is 0 Å². The van der Waals surface area contributed by atoms with Crippen LogP contribution in [-0.4, -0.2) is 16.3 Å². The molecule has 0 radical (unpaired) electrons. The molecule has 0 bridgehead atoms. The number of hydrogen-bond acceptors (Lipinski definition) is 5. The summed E-state index contributed by atoms with van der Waals surface area (Å²) in [6.07, 6.45) is 3.16. The van der Waals surface area contributed by atoms with Crippen LogP contribution in [0.2, 0.25) is 0 Å². The van der Waals surface area contributed by atoms with Crippen molar-refractivity contribution in [1.82, 2.24) is 9.97 Å². The molecule has 0 atom stereocenters. The molecule has 2 aromatic heterocycles. The van der Waals surface area contributed by atoms with Crippen LogP contribution >= 0.6 is 22.7 Å². The fourth-order valence-electron chi connectivity index (χ4n) is 1.10. The van der Waals surface area contributed by atoms with E-state index in [0.29, 0.717) is 4.88 Å². The number of nitrogens with zero attached hydrogens (tertiary/aromatic N) is 2. The minimum Gasteiger partial charge on any atom is -0.297 e. The van der Waals surface area contributed by atoms with E-state index in [1.807, 2.05) is 12.3 Å². The summed E-state index contributed by atoms with van der Waals surface area (Å²) in [5.41, 5.74) is 1.03. The predicted octanol–water partition coefficient (Wildman–Crippen LogP) is 2.31. The minimum absolute atomic E-state index is 0.673. The average molecular weight is 224 g/mol. The first kappa shape index (κ1) is 9.48. The highest BCUT2D eigenvalue weighted by Crippen LogP contribution is 2.16. The molecule has 0 aliphatic heterocycles. The third-order valence-electron chi connectivity index (χ3n) is 1.69. The Labute approximate surface area is 89.5 Å². The van der Waals surface area contributed by atoms with Crippen LogP contribution in [0.1, 0.15) is 25.4 Å². The lowest BCUT2D eigenvalue weighted by Crippen LogP contribution is -1.86. The van der Waals surface area contributed by atoms with Gasteiger partial charge >= 0.3 is 0 Å². The van der Waals surface area contributed by atoms with Crippen molar-refractivity contribution in [3.8, 4) is 0 Å². The standard InChI is InChI=1S/C9H8N2OS2/c1-6-11-7(5-13-6)2-9-10-3-8(4-12)14-9/h3-5H,2H2,1H3. The monoisotopic (exact) mass is 224 g/mol. The van der Waals surface area contributed by atoms with E-state index in [4.69, 9.17) is 0 Å². The van der Waals surface area contributed by atoms with E-state index in [1.165, 1.54) is 11.3 Å². The normalized spacial score (nSPS) is 10.4. The number of aryl methyl sites for hydroxylation is 1. The Kier molecular flexibility index (Phi) is 2.69. The van der Waals surface area contributed by atoms with Gasteiger partial charge in [0, 0.05) is 18.0 Å². The zero-order valence-corrected chi connectivity index (χ0v) is 9.19. The zero-order valence-electron chi connectivity index (χ0n) is 7.56. The van der Waals surface area contributed by atoms with Crippen LogP contribution in [0, 0.1) is 6.92 Å². The molecular formula is C9H8N2OS2. The third-order valence-corrected chi connectivity index (χ3v) is 3.43. The SMILES string of the molecule is Cc1nc(Cc2ncc(C=O)s2)cs1. The van der Waals surface area contributed by atoms with E-state index >= 15 is 0 Å². The van der Waals surface area contributed by atoms with E-state index in [1.54, 1.807) is 17.5 Å². The first-order chi connectivity index (χ1) is 6.78. The van der Waals surface area contributed by atoms with E-state index in [9.17, 15) is 4.79 Å². The molecule has 14 heavy (non-hydrogen) atoms. The Morgan fingerprint density at radius 2 is 2.43 bits per heavy atom. The van der Waals surface area contributed by atoms with E-state index < -0.39 is 0 Å². The summed E-state index contributed by atoms with van der Waals surface area (Å²) in [5, 5.41) is 4.03. The first-order valence-corrected chi connectivity index (χ1v) is 5.78.